The third-order valence-electron chi connectivity index (χ3n) is 4.27. The topological polar surface area (TPSA) is 62.5 Å². The van der Waals surface area contributed by atoms with Gasteiger partial charge < -0.3 is 15.5 Å². The number of nitrogens with zero attached hydrogens (tertiary/aromatic N) is 3. The minimum atomic E-state index is 0.0443. The van der Waals surface area contributed by atoms with Crippen molar-refractivity contribution in [2.45, 2.75) is 46.6 Å². The van der Waals surface area contributed by atoms with Gasteiger partial charge in [-0.05, 0) is 39.5 Å². The SMILES string of the molecule is CCN(CC)c1nc(N)c(C(=O)N2CCC(C)CC2C)s1. The number of likely N-dealkylation sites (tertiary alicyclic amines) is 1. The summed E-state index contributed by atoms with van der Waals surface area (Å²) in [5.74, 6) is 1.11. The van der Waals surface area contributed by atoms with E-state index >= 15 is 0 Å². The smallest absolute Gasteiger partial charge is 0.268 e. The lowest BCUT2D eigenvalue weighted by atomic mass is 9.93. The van der Waals surface area contributed by atoms with Crippen molar-refractivity contribution < 1.29 is 4.79 Å². The summed E-state index contributed by atoms with van der Waals surface area (Å²) in [5.41, 5.74) is 5.99. The fraction of sp³-hybridized carbons (Fsp3) is 0.733. The number of anilines is 2. The van der Waals surface area contributed by atoms with Crippen LogP contribution in [0.5, 0.6) is 0 Å². The molecule has 1 saturated heterocycles. The zero-order chi connectivity index (χ0) is 15.6. The summed E-state index contributed by atoms with van der Waals surface area (Å²) in [6.07, 6.45) is 2.13. The first-order chi connectivity index (χ1) is 9.97. The molecule has 2 N–H and O–H groups in total. The van der Waals surface area contributed by atoms with E-state index < -0.39 is 0 Å². The molecule has 2 heterocycles. The van der Waals surface area contributed by atoms with E-state index in [1.165, 1.54) is 11.3 Å². The van der Waals surface area contributed by atoms with Crippen molar-refractivity contribution in [2.24, 2.45) is 5.92 Å². The monoisotopic (exact) mass is 310 g/mol. The minimum absolute atomic E-state index is 0.0443. The molecular formula is C15H26N4OS. The molecule has 0 spiro atoms. The highest BCUT2D eigenvalue weighted by molar-refractivity contribution is 7.18. The Morgan fingerprint density at radius 2 is 2.10 bits per heavy atom. The highest BCUT2D eigenvalue weighted by atomic mass is 32.1. The Hall–Kier alpha value is -1.30. The normalized spacial score (nSPS) is 22.4. The van der Waals surface area contributed by atoms with Crippen molar-refractivity contribution in [1.82, 2.24) is 9.88 Å². The summed E-state index contributed by atoms with van der Waals surface area (Å²) in [7, 11) is 0. The van der Waals surface area contributed by atoms with Gasteiger partial charge in [-0.1, -0.05) is 18.3 Å². The fourth-order valence-corrected chi connectivity index (χ4v) is 4.01. The molecule has 1 aliphatic heterocycles. The summed E-state index contributed by atoms with van der Waals surface area (Å²) >= 11 is 1.42. The third kappa shape index (κ3) is 3.31. The van der Waals surface area contributed by atoms with Gasteiger partial charge in [0.2, 0.25) is 0 Å². The average molecular weight is 310 g/mol. The van der Waals surface area contributed by atoms with Crippen molar-refractivity contribution in [2.75, 3.05) is 30.3 Å². The van der Waals surface area contributed by atoms with Crippen LogP contribution in [-0.4, -0.2) is 41.5 Å². The Bertz CT molecular complexity index is 498. The van der Waals surface area contributed by atoms with E-state index in [4.69, 9.17) is 5.73 Å². The molecule has 2 unspecified atom stereocenters. The van der Waals surface area contributed by atoms with Gasteiger partial charge in [0, 0.05) is 25.7 Å². The van der Waals surface area contributed by atoms with E-state index in [9.17, 15) is 4.79 Å². The molecule has 5 nitrogen and oxygen atoms in total. The maximum atomic E-state index is 12.7. The van der Waals surface area contributed by atoms with Gasteiger partial charge in [0.15, 0.2) is 5.13 Å². The number of hydrogen-bond donors (Lipinski definition) is 1. The largest absolute Gasteiger partial charge is 0.382 e. The Morgan fingerprint density at radius 3 is 2.67 bits per heavy atom. The number of hydrogen-bond acceptors (Lipinski definition) is 5. The highest BCUT2D eigenvalue weighted by Crippen LogP contribution is 2.31. The lowest BCUT2D eigenvalue weighted by molar-refractivity contribution is 0.0594. The summed E-state index contributed by atoms with van der Waals surface area (Å²) in [5, 5.41) is 0.846. The van der Waals surface area contributed by atoms with Gasteiger partial charge in [-0.3, -0.25) is 4.79 Å². The number of thiazole rings is 1. The van der Waals surface area contributed by atoms with Gasteiger partial charge in [0.25, 0.3) is 5.91 Å². The number of aromatic nitrogens is 1. The molecule has 1 aromatic heterocycles. The molecule has 0 aromatic carbocycles. The second-order valence-corrected chi connectivity index (χ2v) is 6.84. The standard InChI is InChI=1S/C15H26N4OS/c1-5-18(6-2)15-17-13(16)12(21-15)14(20)19-8-7-10(3)9-11(19)4/h10-11H,5-9,16H2,1-4H3. The van der Waals surface area contributed by atoms with Gasteiger partial charge in [-0.15, -0.1) is 0 Å². The molecular weight excluding hydrogens is 284 g/mol. The van der Waals surface area contributed by atoms with Crippen molar-refractivity contribution in [3.05, 3.63) is 4.88 Å². The van der Waals surface area contributed by atoms with Crippen LogP contribution in [0, 0.1) is 5.92 Å². The van der Waals surface area contributed by atoms with Gasteiger partial charge in [0.1, 0.15) is 10.7 Å². The van der Waals surface area contributed by atoms with E-state index in [2.05, 4.69) is 37.6 Å². The van der Waals surface area contributed by atoms with E-state index in [-0.39, 0.29) is 11.9 Å². The molecule has 1 fully saturated rings. The molecule has 1 aromatic rings. The number of carbonyl (C=O) groups is 1. The van der Waals surface area contributed by atoms with Crippen LogP contribution in [0.3, 0.4) is 0 Å². The second kappa shape index (κ2) is 6.64. The lowest BCUT2D eigenvalue weighted by Crippen LogP contribution is -2.44. The molecule has 2 rings (SSSR count). The predicted molar refractivity (Wildman–Crippen MR) is 89.0 cm³/mol. The first-order valence-corrected chi connectivity index (χ1v) is 8.61. The van der Waals surface area contributed by atoms with Gasteiger partial charge in [-0.2, -0.15) is 0 Å². The van der Waals surface area contributed by atoms with E-state index in [0.29, 0.717) is 16.6 Å². The Balaban J connectivity index is 2.19. The Kier molecular flexibility index (Phi) is 5.08. The Labute approximate surface area is 131 Å². The van der Waals surface area contributed by atoms with Gasteiger partial charge in [0.05, 0.1) is 0 Å². The molecule has 2 atom stereocenters. The molecule has 1 amide bonds. The van der Waals surface area contributed by atoms with Crippen LogP contribution in [0.15, 0.2) is 0 Å². The summed E-state index contributed by atoms with van der Waals surface area (Å²) < 4.78 is 0. The number of nitrogens with two attached hydrogens (primary N) is 1. The van der Waals surface area contributed by atoms with Crippen LogP contribution in [0.1, 0.15) is 50.2 Å². The number of rotatable bonds is 4. The molecule has 0 saturated carbocycles. The van der Waals surface area contributed by atoms with Gasteiger partial charge >= 0.3 is 0 Å². The Morgan fingerprint density at radius 1 is 1.43 bits per heavy atom. The maximum Gasteiger partial charge on any atom is 0.268 e. The van der Waals surface area contributed by atoms with Crippen LogP contribution in [-0.2, 0) is 0 Å². The van der Waals surface area contributed by atoms with E-state index in [0.717, 1.165) is 37.6 Å². The summed E-state index contributed by atoms with van der Waals surface area (Å²) in [6, 6.07) is 0.277. The molecule has 1 aliphatic rings. The summed E-state index contributed by atoms with van der Waals surface area (Å²) in [4.78, 5) is 21.8. The molecule has 6 heteroatoms. The zero-order valence-corrected chi connectivity index (χ0v) is 14.2. The van der Waals surface area contributed by atoms with Crippen LogP contribution in [0.2, 0.25) is 0 Å². The van der Waals surface area contributed by atoms with Crippen molar-refractivity contribution in [1.29, 1.82) is 0 Å². The van der Waals surface area contributed by atoms with Crippen LogP contribution < -0.4 is 10.6 Å². The second-order valence-electron chi connectivity index (χ2n) is 5.86. The molecule has 21 heavy (non-hydrogen) atoms. The van der Waals surface area contributed by atoms with Crippen LogP contribution in [0.25, 0.3) is 0 Å². The summed E-state index contributed by atoms with van der Waals surface area (Å²) in [6.45, 7) is 11.1. The van der Waals surface area contributed by atoms with Crippen LogP contribution >= 0.6 is 11.3 Å². The number of nitrogen functional groups attached to an aromatic ring is 1. The molecule has 0 aliphatic carbocycles. The number of amides is 1. The predicted octanol–water partition coefficient (Wildman–Crippen LogP) is 2.83. The number of piperidine rings is 1. The molecule has 0 bridgehead atoms. The third-order valence-corrected chi connectivity index (χ3v) is 5.39. The van der Waals surface area contributed by atoms with Crippen molar-refractivity contribution in [3.63, 3.8) is 0 Å². The number of carbonyl (C=O) groups excluding carboxylic acids is 1. The molecule has 118 valence electrons. The van der Waals surface area contributed by atoms with Crippen LogP contribution in [0.4, 0.5) is 10.9 Å². The first kappa shape index (κ1) is 16.1. The average Bonchev–Trinajstić information content (AvgIpc) is 2.81. The quantitative estimate of drug-likeness (QED) is 0.929. The lowest BCUT2D eigenvalue weighted by Gasteiger charge is -2.36. The zero-order valence-electron chi connectivity index (χ0n) is 13.4. The van der Waals surface area contributed by atoms with E-state index in [1.807, 2.05) is 4.90 Å². The maximum absolute atomic E-state index is 12.7. The molecule has 0 radical (unpaired) electrons. The van der Waals surface area contributed by atoms with Crippen molar-refractivity contribution in [3.8, 4) is 0 Å². The van der Waals surface area contributed by atoms with Gasteiger partial charge in [-0.25, -0.2) is 4.98 Å². The van der Waals surface area contributed by atoms with E-state index in [1.54, 1.807) is 0 Å². The van der Waals surface area contributed by atoms with Crippen molar-refractivity contribution >= 4 is 28.2 Å². The minimum Gasteiger partial charge on any atom is -0.382 e. The first-order valence-electron chi connectivity index (χ1n) is 7.80. The fourth-order valence-electron chi connectivity index (χ4n) is 2.94. The highest BCUT2D eigenvalue weighted by Gasteiger charge is 2.30.